The Kier molecular flexibility index (Phi) is 4.79. The molecular formula is C14H24N4. The first kappa shape index (κ1) is 13.1. The molecule has 0 radical (unpaired) electrons. The molecule has 1 saturated carbocycles. The molecule has 1 N–H and O–H groups in total. The molecule has 0 unspecified atom stereocenters. The largest absolute Gasteiger partial charge is 0.367 e. The van der Waals surface area contributed by atoms with Gasteiger partial charge in [0.2, 0.25) is 5.95 Å². The Hall–Kier alpha value is -1.32. The zero-order chi connectivity index (χ0) is 12.8. The predicted octanol–water partition coefficient (Wildman–Crippen LogP) is 3.07. The van der Waals surface area contributed by atoms with Gasteiger partial charge in [-0.25, -0.2) is 4.98 Å². The van der Waals surface area contributed by atoms with Crippen molar-refractivity contribution in [3.8, 4) is 0 Å². The Bertz CT molecular complexity index is 361. The van der Waals surface area contributed by atoms with Gasteiger partial charge in [0.1, 0.15) is 5.82 Å². The molecule has 0 aromatic carbocycles. The molecule has 0 amide bonds. The number of anilines is 2. The van der Waals surface area contributed by atoms with E-state index in [1.807, 2.05) is 12.3 Å². The highest BCUT2D eigenvalue weighted by Crippen LogP contribution is 2.21. The molecule has 0 atom stereocenters. The normalized spacial score (nSPS) is 15.9. The van der Waals surface area contributed by atoms with Crippen LogP contribution in [-0.2, 0) is 0 Å². The Balaban J connectivity index is 1.95. The summed E-state index contributed by atoms with van der Waals surface area (Å²) in [6.07, 6.45) is 9.45. The minimum absolute atomic E-state index is 0.605. The van der Waals surface area contributed by atoms with E-state index < -0.39 is 0 Å². The molecule has 1 aromatic rings. The predicted molar refractivity (Wildman–Crippen MR) is 76.1 cm³/mol. The first-order chi connectivity index (χ1) is 8.79. The van der Waals surface area contributed by atoms with Gasteiger partial charge in [0, 0.05) is 25.8 Å². The number of hydrogen-bond acceptors (Lipinski definition) is 4. The van der Waals surface area contributed by atoms with Crippen molar-refractivity contribution in [2.24, 2.45) is 0 Å². The van der Waals surface area contributed by atoms with E-state index in [1.54, 1.807) is 0 Å². The third-order valence-electron chi connectivity index (χ3n) is 3.54. The van der Waals surface area contributed by atoms with Crippen LogP contribution in [0.15, 0.2) is 12.3 Å². The average Bonchev–Trinajstić information content (AvgIpc) is 2.89. The third-order valence-corrected chi connectivity index (χ3v) is 3.54. The molecule has 4 heteroatoms. The van der Waals surface area contributed by atoms with Gasteiger partial charge in [-0.05, 0) is 25.3 Å². The van der Waals surface area contributed by atoms with Crippen LogP contribution in [0, 0.1) is 0 Å². The van der Waals surface area contributed by atoms with Crippen molar-refractivity contribution >= 4 is 11.8 Å². The number of rotatable bonds is 6. The van der Waals surface area contributed by atoms with Crippen LogP contribution < -0.4 is 10.2 Å². The highest BCUT2D eigenvalue weighted by atomic mass is 15.2. The SMILES string of the molecule is CCCCN(C)c1nccc(NC2CCCC2)n1. The van der Waals surface area contributed by atoms with Gasteiger partial charge in [-0.1, -0.05) is 26.2 Å². The molecule has 1 aliphatic carbocycles. The summed E-state index contributed by atoms with van der Waals surface area (Å²) in [6.45, 7) is 3.22. The molecule has 0 saturated heterocycles. The van der Waals surface area contributed by atoms with E-state index >= 15 is 0 Å². The molecule has 18 heavy (non-hydrogen) atoms. The topological polar surface area (TPSA) is 41.1 Å². The maximum atomic E-state index is 4.59. The third kappa shape index (κ3) is 3.59. The van der Waals surface area contributed by atoms with Gasteiger partial charge in [-0.2, -0.15) is 4.98 Å². The first-order valence-electron chi connectivity index (χ1n) is 7.10. The van der Waals surface area contributed by atoms with Crippen LogP contribution >= 0.6 is 0 Å². The molecule has 0 aliphatic heterocycles. The van der Waals surface area contributed by atoms with Crippen LogP contribution in [-0.4, -0.2) is 29.6 Å². The molecule has 100 valence electrons. The maximum Gasteiger partial charge on any atom is 0.226 e. The van der Waals surface area contributed by atoms with Crippen molar-refractivity contribution in [1.29, 1.82) is 0 Å². The lowest BCUT2D eigenvalue weighted by molar-refractivity contribution is 0.738. The molecule has 0 bridgehead atoms. The van der Waals surface area contributed by atoms with Crippen LogP contribution in [0.25, 0.3) is 0 Å². The molecule has 1 aromatic heterocycles. The summed E-state index contributed by atoms with van der Waals surface area (Å²) in [4.78, 5) is 11.1. The van der Waals surface area contributed by atoms with Crippen LogP contribution in [0.4, 0.5) is 11.8 Å². The second-order valence-corrected chi connectivity index (χ2v) is 5.14. The monoisotopic (exact) mass is 248 g/mol. The second-order valence-electron chi connectivity index (χ2n) is 5.14. The van der Waals surface area contributed by atoms with E-state index in [1.165, 1.54) is 38.5 Å². The Morgan fingerprint density at radius 1 is 1.39 bits per heavy atom. The lowest BCUT2D eigenvalue weighted by Gasteiger charge is -2.18. The van der Waals surface area contributed by atoms with Crippen LogP contribution in [0.1, 0.15) is 45.4 Å². The van der Waals surface area contributed by atoms with Crippen LogP contribution in [0.2, 0.25) is 0 Å². The number of nitrogens with one attached hydrogen (secondary N) is 1. The summed E-state index contributed by atoms with van der Waals surface area (Å²) in [6, 6.07) is 2.57. The minimum Gasteiger partial charge on any atom is -0.367 e. The van der Waals surface area contributed by atoms with Gasteiger partial charge in [0.25, 0.3) is 0 Å². The summed E-state index contributed by atoms with van der Waals surface area (Å²) < 4.78 is 0. The maximum absolute atomic E-state index is 4.59. The van der Waals surface area contributed by atoms with E-state index in [0.717, 1.165) is 18.3 Å². The minimum atomic E-state index is 0.605. The van der Waals surface area contributed by atoms with Crippen molar-refractivity contribution in [3.05, 3.63) is 12.3 Å². The second kappa shape index (κ2) is 6.57. The fourth-order valence-corrected chi connectivity index (χ4v) is 2.39. The molecule has 0 spiro atoms. The average molecular weight is 248 g/mol. The standard InChI is InChI=1S/C14H24N4/c1-3-4-11-18(2)14-15-10-9-13(17-14)16-12-7-5-6-8-12/h9-10,12H,3-8,11H2,1-2H3,(H,15,16,17). The number of nitrogens with zero attached hydrogens (tertiary/aromatic N) is 3. The summed E-state index contributed by atoms with van der Waals surface area (Å²) in [5.41, 5.74) is 0. The summed E-state index contributed by atoms with van der Waals surface area (Å²) >= 11 is 0. The number of hydrogen-bond donors (Lipinski definition) is 1. The van der Waals surface area contributed by atoms with Gasteiger partial charge in [-0.15, -0.1) is 0 Å². The summed E-state index contributed by atoms with van der Waals surface area (Å²) in [5.74, 6) is 1.79. The molecule has 4 nitrogen and oxygen atoms in total. The fraction of sp³-hybridized carbons (Fsp3) is 0.714. The van der Waals surface area contributed by atoms with Crippen molar-refractivity contribution < 1.29 is 0 Å². The smallest absolute Gasteiger partial charge is 0.226 e. The molecule has 2 rings (SSSR count). The Labute approximate surface area is 110 Å². The van der Waals surface area contributed by atoms with Gasteiger partial charge < -0.3 is 10.2 Å². The van der Waals surface area contributed by atoms with Gasteiger partial charge in [0.05, 0.1) is 0 Å². The van der Waals surface area contributed by atoms with Crippen molar-refractivity contribution in [2.75, 3.05) is 23.8 Å². The number of aromatic nitrogens is 2. The van der Waals surface area contributed by atoms with Crippen LogP contribution in [0.5, 0.6) is 0 Å². The summed E-state index contributed by atoms with van der Waals surface area (Å²) in [5, 5.41) is 3.51. The van der Waals surface area contributed by atoms with Crippen molar-refractivity contribution in [3.63, 3.8) is 0 Å². The first-order valence-corrected chi connectivity index (χ1v) is 7.10. The van der Waals surface area contributed by atoms with E-state index in [0.29, 0.717) is 6.04 Å². The van der Waals surface area contributed by atoms with Gasteiger partial charge >= 0.3 is 0 Å². The lowest BCUT2D eigenvalue weighted by Crippen LogP contribution is -2.22. The zero-order valence-corrected chi connectivity index (χ0v) is 11.5. The van der Waals surface area contributed by atoms with Gasteiger partial charge in [-0.3, -0.25) is 0 Å². The molecule has 1 heterocycles. The Morgan fingerprint density at radius 2 is 2.17 bits per heavy atom. The van der Waals surface area contributed by atoms with Crippen molar-refractivity contribution in [1.82, 2.24) is 9.97 Å². The number of unbranched alkanes of at least 4 members (excludes halogenated alkanes) is 1. The highest BCUT2D eigenvalue weighted by Gasteiger charge is 2.15. The quantitative estimate of drug-likeness (QED) is 0.840. The Morgan fingerprint density at radius 3 is 2.89 bits per heavy atom. The summed E-state index contributed by atoms with van der Waals surface area (Å²) in [7, 11) is 2.06. The fourth-order valence-electron chi connectivity index (χ4n) is 2.39. The lowest BCUT2D eigenvalue weighted by atomic mass is 10.2. The molecular weight excluding hydrogens is 224 g/mol. The zero-order valence-electron chi connectivity index (χ0n) is 11.5. The van der Waals surface area contributed by atoms with E-state index in [4.69, 9.17) is 0 Å². The van der Waals surface area contributed by atoms with Crippen molar-refractivity contribution in [2.45, 2.75) is 51.5 Å². The van der Waals surface area contributed by atoms with Gasteiger partial charge in [0.15, 0.2) is 0 Å². The molecule has 1 aliphatic rings. The van der Waals surface area contributed by atoms with Crippen LogP contribution in [0.3, 0.4) is 0 Å². The van der Waals surface area contributed by atoms with E-state index in [-0.39, 0.29) is 0 Å². The van der Waals surface area contributed by atoms with E-state index in [2.05, 4.69) is 34.2 Å². The molecule has 1 fully saturated rings. The van der Waals surface area contributed by atoms with E-state index in [9.17, 15) is 0 Å². The highest BCUT2D eigenvalue weighted by molar-refractivity contribution is 5.41.